The third kappa shape index (κ3) is 4.18. The van der Waals surface area contributed by atoms with Crippen molar-refractivity contribution in [2.24, 2.45) is 0 Å². The van der Waals surface area contributed by atoms with E-state index in [-0.39, 0.29) is 18.3 Å². The first-order valence-corrected chi connectivity index (χ1v) is 7.93. The van der Waals surface area contributed by atoms with Gasteiger partial charge in [-0.05, 0) is 37.1 Å². The molecule has 1 saturated carbocycles. The van der Waals surface area contributed by atoms with Crippen LogP contribution in [-0.4, -0.2) is 23.4 Å². The molecule has 3 rings (SSSR count). The molecule has 2 aromatic rings. The third-order valence-electron chi connectivity index (χ3n) is 4.02. The van der Waals surface area contributed by atoms with Crippen molar-refractivity contribution >= 4 is 11.6 Å². The van der Waals surface area contributed by atoms with Crippen LogP contribution in [0.1, 0.15) is 24.0 Å². The van der Waals surface area contributed by atoms with Gasteiger partial charge in [0, 0.05) is 23.8 Å². The lowest BCUT2D eigenvalue weighted by Gasteiger charge is -2.21. The van der Waals surface area contributed by atoms with Crippen LogP contribution in [0.3, 0.4) is 0 Å². The number of carbonyl (C=O) groups excluding carboxylic acids is 1. The number of nitrogens with zero attached hydrogens (tertiary/aromatic N) is 2. The zero-order chi connectivity index (χ0) is 16.9. The van der Waals surface area contributed by atoms with E-state index in [0.717, 1.165) is 12.8 Å². The normalized spacial score (nSPS) is 13.5. The molecule has 0 radical (unpaired) electrons. The van der Waals surface area contributed by atoms with E-state index in [4.69, 9.17) is 5.26 Å². The Morgan fingerprint density at radius 1 is 1.25 bits per heavy atom. The molecule has 0 spiro atoms. The average molecular weight is 323 g/mol. The smallest absolute Gasteiger partial charge is 0.238 e. The van der Waals surface area contributed by atoms with E-state index in [0.29, 0.717) is 29.4 Å². The van der Waals surface area contributed by atoms with Crippen molar-refractivity contribution in [3.8, 4) is 6.07 Å². The quantitative estimate of drug-likeness (QED) is 0.887. The van der Waals surface area contributed by atoms with Crippen LogP contribution in [0, 0.1) is 17.1 Å². The highest BCUT2D eigenvalue weighted by Gasteiger charge is 2.30. The molecule has 0 heterocycles. The first kappa shape index (κ1) is 16.2. The molecule has 0 bridgehead atoms. The number of hydrogen-bond donors (Lipinski definition) is 1. The largest absolute Gasteiger partial charge is 0.325 e. The molecule has 5 heteroatoms. The maximum Gasteiger partial charge on any atom is 0.238 e. The predicted octanol–water partition coefficient (Wildman–Crippen LogP) is 3.30. The molecule has 4 nitrogen and oxygen atoms in total. The highest BCUT2D eigenvalue weighted by Crippen LogP contribution is 2.28. The Morgan fingerprint density at radius 2 is 2.04 bits per heavy atom. The highest BCUT2D eigenvalue weighted by atomic mass is 19.1. The number of hydrogen-bond acceptors (Lipinski definition) is 3. The van der Waals surface area contributed by atoms with Gasteiger partial charge < -0.3 is 5.32 Å². The molecule has 0 aliphatic heterocycles. The molecule has 1 fully saturated rings. The summed E-state index contributed by atoms with van der Waals surface area (Å²) < 4.78 is 13.8. The van der Waals surface area contributed by atoms with Gasteiger partial charge in [-0.1, -0.05) is 24.3 Å². The lowest BCUT2D eigenvalue weighted by atomic mass is 10.2. The van der Waals surface area contributed by atoms with Gasteiger partial charge >= 0.3 is 0 Å². The van der Waals surface area contributed by atoms with Crippen LogP contribution in [0.15, 0.2) is 48.5 Å². The average Bonchev–Trinajstić information content (AvgIpc) is 3.41. The number of amides is 1. The maximum atomic E-state index is 13.8. The molecule has 1 amide bonds. The van der Waals surface area contributed by atoms with Gasteiger partial charge in [0.05, 0.1) is 18.2 Å². The Kier molecular flexibility index (Phi) is 4.88. The summed E-state index contributed by atoms with van der Waals surface area (Å²) in [6, 6.07) is 15.8. The van der Waals surface area contributed by atoms with Crippen LogP contribution < -0.4 is 5.32 Å². The second-order valence-corrected chi connectivity index (χ2v) is 5.97. The van der Waals surface area contributed by atoms with Crippen LogP contribution in [0.2, 0.25) is 0 Å². The van der Waals surface area contributed by atoms with Gasteiger partial charge in [-0.15, -0.1) is 0 Å². The zero-order valence-corrected chi connectivity index (χ0v) is 13.2. The summed E-state index contributed by atoms with van der Waals surface area (Å²) in [5, 5.41) is 11.7. The number of nitriles is 1. The predicted molar refractivity (Wildman–Crippen MR) is 89.6 cm³/mol. The van der Waals surface area contributed by atoms with Gasteiger partial charge in [0.2, 0.25) is 5.91 Å². The lowest BCUT2D eigenvalue weighted by Crippen LogP contribution is -2.34. The molecular formula is C19H18FN3O. The standard InChI is InChI=1S/C19H18FN3O/c20-18-7-2-1-5-15(18)12-23(17-8-9-17)13-19(24)22-16-6-3-4-14(10-16)11-21/h1-7,10,17H,8-9,12-13H2,(H,22,24). The number of carbonyl (C=O) groups is 1. The molecule has 1 aliphatic rings. The lowest BCUT2D eigenvalue weighted by molar-refractivity contribution is -0.117. The molecule has 0 atom stereocenters. The van der Waals surface area contributed by atoms with Crippen LogP contribution in [0.25, 0.3) is 0 Å². The molecule has 1 aliphatic carbocycles. The van der Waals surface area contributed by atoms with Gasteiger partial charge in [0.1, 0.15) is 5.82 Å². The Hall–Kier alpha value is -2.71. The second-order valence-electron chi connectivity index (χ2n) is 5.97. The number of halogens is 1. The number of benzene rings is 2. The Morgan fingerprint density at radius 3 is 2.75 bits per heavy atom. The number of nitrogens with one attached hydrogen (secondary N) is 1. The van der Waals surface area contributed by atoms with E-state index in [1.54, 1.807) is 42.5 Å². The molecule has 0 unspecified atom stereocenters. The van der Waals surface area contributed by atoms with Crippen molar-refractivity contribution in [2.75, 3.05) is 11.9 Å². The maximum absolute atomic E-state index is 13.8. The van der Waals surface area contributed by atoms with Crippen molar-refractivity contribution < 1.29 is 9.18 Å². The molecular weight excluding hydrogens is 305 g/mol. The Bertz CT molecular complexity index is 780. The van der Waals surface area contributed by atoms with Crippen molar-refractivity contribution in [1.82, 2.24) is 4.90 Å². The van der Waals surface area contributed by atoms with Crippen LogP contribution in [0.5, 0.6) is 0 Å². The van der Waals surface area contributed by atoms with E-state index in [1.165, 1.54) is 6.07 Å². The molecule has 2 aromatic carbocycles. The van der Waals surface area contributed by atoms with Crippen molar-refractivity contribution in [3.05, 3.63) is 65.5 Å². The van der Waals surface area contributed by atoms with Crippen LogP contribution in [0.4, 0.5) is 10.1 Å². The minimum absolute atomic E-state index is 0.159. The van der Waals surface area contributed by atoms with Gasteiger partial charge in [-0.3, -0.25) is 9.69 Å². The highest BCUT2D eigenvalue weighted by molar-refractivity contribution is 5.92. The summed E-state index contributed by atoms with van der Waals surface area (Å²) in [6.07, 6.45) is 2.07. The zero-order valence-electron chi connectivity index (χ0n) is 13.2. The van der Waals surface area contributed by atoms with E-state index in [9.17, 15) is 9.18 Å². The fourth-order valence-electron chi connectivity index (χ4n) is 2.65. The molecule has 0 aromatic heterocycles. The summed E-state index contributed by atoms with van der Waals surface area (Å²) in [5.41, 5.74) is 1.70. The molecule has 0 saturated heterocycles. The monoisotopic (exact) mass is 323 g/mol. The Balaban J connectivity index is 1.64. The van der Waals surface area contributed by atoms with Gasteiger partial charge in [-0.2, -0.15) is 5.26 Å². The molecule has 1 N–H and O–H groups in total. The SMILES string of the molecule is N#Cc1cccc(NC(=O)CN(Cc2ccccc2F)C2CC2)c1. The van der Waals surface area contributed by atoms with Gasteiger partial charge in [-0.25, -0.2) is 4.39 Å². The summed E-state index contributed by atoms with van der Waals surface area (Å²) in [7, 11) is 0. The van der Waals surface area contributed by atoms with Crippen molar-refractivity contribution in [1.29, 1.82) is 5.26 Å². The Labute approximate surface area is 140 Å². The summed E-state index contributed by atoms with van der Waals surface area (Å²) >= 11 is 0. The van der Waals surface area contributed by atoms with E-state index < -0.39 is 0 Å². The first-order chi connectivity index (χ1) is 11.7. The number of anilines is 1. The topological polar surface area (TPSA) is 56.1 Å². The van der Waals surface area contributed by atoms with Crippen molar-refractivity contribution in [2.45, 2.75) is 25.4 Å². The minimum Gasteiger partial charge on any atom is -0.325 e. The summed E-state index contributed by atoms with van der Waals surface area (Å²) in [5.74, 6) is -0.404. The second kappa shape index (κ2) is 7.24. The van der Waals surface area contributed by atoms with Crippen molar-refractivity contribution in [3.63, 3.8) is 0 Å². The van der Waals surface area contributed by atoms with Gasteiger partial charge in [0.25, 0.3) is 0 Å². The van der Waals surface area contributed by atoms with E-state index in [1.807, 2.05) is 11.0 Å². The summed E-state index contributed by atoms with van der Waals surface area (Å²) in [6.45, 7) is 0.624. The molecule has 122 valence electrons. The number of rotatable bonds is 6. The van der Waals surface area contributed by atoms with E-state index >= 15 is 0 Å². The van der Waals surface area contributed by atoms with E-state index in [2.05, 4.69) is 5.32 Å². The summed E-state index contributed by atoms with van der Waals surface area (Å²) in [4.78, 5) is 14.3. The third-order valence-corrected chi connectivity index (χ3v) is 4.02. The molecule has 24 heavy (non-hydrogen) atoms. The minimum atomic E-state index is -0.245. The fourth-order valence-corrected chi connectivity index (χ4v) is 2.65. The van der Waals surface area contributed by atoms with Crippen LogP contribution >= 0.6 is 0 Å². The van der Waals surface area contributed by atoms with Gasteiger partial charge in [0.15, 0.2) is 0 Å². The fraction of sp³-hybridized carbons (Fsp3) is 0.263. The first-order valence-electron chi connectivity index (χ1n) is 7.93. The van der Waals surface area contributed by atoms with Crippen LogP contribution in [-0.2, 0) is 11.3 Å².